The van der Waals surface area contributed by atoms with Gasteiger partial charge >= 0.3 is 0 Å². The van der Waals surface area contributed by atoms with Gasteiger partial charge in [0.15, 0.2) is 0 Å². The SMILES string of the molecule is CNCCC1CCN(C(C)c2nc(-c3ccc(Cl)cc3)no2)CC1.Cl. The number of halogens is 2. The van der Waals surface area contributed by atoms with Gasteiger partial charge in [0.2, 0.25) is 11.7 Å². The van der Waals surface area contributed by atoms with Gasteiger partial charge in [-0.25, -0.2) is 0 Å². The largest absolute Gasteiger partial charge is 0.337 e. The van der Waals surface area contributed by atoms with Crippen molar-refractivity contribution in [2.24, 2.45) is 5.92 Å². The van der Waals surface area contributed by atoms with Crippen molar-refractivity contribution in [2.45, 2.75) is 32.2 Å². The monoisotopic (exact) mass is 384 g/mol. The molecule has 0 spiro atoms. The van der Waals surface area contributed by atoms with Gasteiger partial charge in [0, 0.05) is 10.6 Å². The van der Waals surface area contributed by atoms with E-state index in [9.17, 15) is 0 Å². The molecule has 2 aromatic rings. The molecule has 7 heteroatoms. The molecule has 1 unspecified atom stereocenters. The number of hydrogen-bond acceptors (Lipinski definition) is 5. The van der Waals surface area contributed by atoms with Gasteiger partial charge in [-0.3, -0.25) is 4.90 Å². The van der Waals surface area contributed by atoms with Crippen LogP contribution in [-0.4, -0.2) is 41.7 Å². The number of benzene rings is 1. The first kappa shape index (κ1) is 20.2. The van der Waals surface area contributed by atoms with E-state index in [4.69, 9.17) is 16.1 Å². The minimum Gasteiger partial charge on any atom is -0.337 e. The van der Waals surface area contributed by atoms with E-state index in [0.29, 0.717) is 16.7 Å². The van der Waals surface area contributed by atoms with E-state index >= 15 is 0 Å². The second kappa shape index (κ2) is 9.53. The van der Waals surface area contributed by atoms with Crippen LogP contribution in [0.5, 0.6) is 0 Å². The third kappa shape index (κ3) is 5.17. The first-order valence-electron chi connectivity index (χ1n) is 8.65. The molecule has 1 aromatic carbocycles. The number of nitrogens with zero attached hydrogens (tertiary/aromatic N) is 3. The lowest BCUT2D eigenvalue weighted by Crippen LogP contribution is -2.36. The van der Waals surface area contributed by atoms with Crippen LogP contribution in [0.4, 0.5) is 0 Å². The second-order valence-corrected chi connectivity index (χ2v) is 6.95. The van der Waals surface area contributed by atoms with Crippen molar-refractivity contribution in [1.29, 1.82) is 0 Å². The van der Waals surface area contributed by atoms with Crippen LogP contribution in [0.1, 0.15) is 38.1 Å². The van der Waals surface area contributed by atoms with Crippen LogP contribution in [0.25, 0.3) is 11.4 Å². The maximum absolute atomic E-state index is 5.92. The Morgan fingerprint density at radius 2 is 1.96 bits per heavy atom. The fourth-order valence-corrected chi connectivity index (χ4v) is 3.38. The van der Waals surface area contributed by atoms with Crippen LogP contribution < -0.4 is 5.32 Å². The molecular weight excluding hydrogens is 359 g/mol. The number of aromatic nitrogens is 2. The molecule has 1 aromatic heterocycles. The Morgan fingerprint density at radius 1 is 1.28 bits per heavy atom. The normalized spacial score (nSPS) is 17.2. The molecule has 1 atom stereocenters. The van der Waals surface area contributed by atoms with Crippen molar-refractivity contribution in [3.63, 3.8) is 0 Å². The van der Waals surface area contributed by atoms with Gasteiger partial charge in [-0.15, -0.1) is 12.4 Å². The topological polar surface area (TPSA) is 54.2 Å². The molecule has 1 saturated heterocycles. The number of rotatable bonds is 6. The Bertz CT molecular complexity index is 639. The highest BCUT2D eigenvalue weighted by Gasteiger charge is 2.26. The van der Waals surface area contributed by atoms with Gasteiger partial charge in [0.25, 0.3) is 0 Å². The van der Waals surface area contributed by atoms with E-state index in [1.165, 1.54) is 19.3 Å². The van der Waals surface area contributed by atoms with E-state index in [0.717, 1.165) is 31.1 Å². The first-order valence-corrected chi connectivity index (χ1v) is 9.03. The summed E-state index contributed by atoms with van der Waals surface area (Å²) in [6, 6.07) is 7.66. The molecule has 0 aliphatic carbocycles. The van der Waals surface area contributed by atoms with E-state index in [1.54, 1.807) is 0 Å². The zero-order valence-corrected chi connectivity index (χ0v) is 16.3. The third-order valence-corrected chi connectivity index (χ3v) is 5.15. The average Bonchev–Trinajstić information content (AvgIpc) is 3.10. The van der Waals surface area contributed by atoms with Gasteiger partial charge < -0.3 is 9.84 Å². The Hall–Kier alpha value is -1.14. The molecule has 25 heavy (non-hydrogen) atoms. The van der Waals surface area contributed by atoms with E-state index in [-0.39, 0.29) is 18.4 Å². The molecule has 1 aliphatic rings. The van der Waals surface area contributed by atoms with Gasteiger partial charge in [-0.2, -0.15) is 4.98 Å². The maximum atomic E-state index is 5.92. The molecule has 1 aliphatic heterocycles. The summed E-state index contributed by atoms with van der Waals surface area (Å²) in [5, 5.41) is 8.07. The molecule has 0 bridgehead atoms. The predicted octanol–water partition coefficient (Wildman–Crippen LogP) is 4.19. The molecule has 3 rings (SSSR count). The van der Waals surface area contributed by atoms with Crippen molar-refractivity contribution < 1.29 is 4.52 Å². The molecule has 0 saturated carbocycles. The molecule has 1 N–H and O–H groups in total. The number of nitrogens with one attached hydrogen (secondary N) is 1. The summed E-state index contributed by atoms with van der Waals surface area (Å²) < 4.78 is 5.51. The fourth-order valence-electron chi connectivity index (χ4n) is 3.25. The van der Waals surface area contributed by atoms with Crippen molar-refractivity contribution in [3.8, 4) is 11.4 Å². The summed E-state index contributed by atoms with van der Waals surface area (Å²) in [5.41, 5.74) is 0.923. The summed E-state index contributed by atoms with van der Waals surface area (Å²) in [4.78, 5) is 7.02. The lowest BCUT2D eigenvalue weighted by molar-refractivity contribution is 0.117. The highest BCUT2D eigenvalue weighted by molar-refractivity contribution is 6.30. The van der Waals surface area contributed by atoms with Crippen molar-refractivity contribution >= 4 is 24.0 Å². The molecule has 0 amide bonds. The summed E-state index contributed by atoms with van der Waals surface area (Å²) in [6.45, 7) is 5.43. The molecule has 2 heterocycles. The lowest BCUT2D eigenvalue weighted by Gasteiger charge is -2.34. The van der Waals surface area contributed by atoms with E-state index in [2.05, 4.69) is 27.3 Å². The standard InChI is InChI=1S/C18H25ClN4O.ClH/c1-13(23-11-8-14(9-12-23)7-10-20-2)18-21-17(22-24-18)15-3-5-16(19)6-4-15;/h3-6,13-14,20H,7-12H2,1-2H3;1H. The van der Waals surface area contributed by atoms with Crippen LogP contribution in [0.15, 0.2) is 28.8 Å². The Kier molecular flexibility index (Phi) is 7.69. The quantitative estimate of drug-likeness (QED) is 0.808. The third-order valence-electron chi connectivity index (χ3n) is 4.90. The number of piperidine rings is 1. The Labute approximate surface area is 160 Å². The van der Waals surface area contributed by atoms with Gasteiger partial charge in [0.05, 0.1) is 6.04 Å². The minimum atomic E-state index is 0. The van der Waals surface area contributed by atoms with Crippen LogP contribution in [-0.2, 0) is 0 Å². The van der Waals surface area contributed by atoms with Crippen LogP contribution >= 0.6 is 24.0 Å². The summed E-state index contributed by atoms with van der Waals surface area (Å²) in [7, 11) is 2.02. The van der Waals surface area contributed by atoms with Gasteiger partial charge in [0.1, 0.15) is 0 Å². The molecule has 5 nitrogen and oxygen atoms in total. The zero-order valence-electron chi connectivity index (χ0n) is 14.7. The van der Waals surface area contributed by atoms with Crippen molar-refractivity contribution in [3.05, 3.63) is 35.2 Å². The van der Waals surface area contributed by atoms with Crippen LogP contribution in [0.3, 0.4) is 0 Å². The molecule has 0 radical (unpaired) electrons. The average molecular weight is 385 g/mol. The van der Waals surface area contributed by atoms with Crippen LogP contribution in [0, 0.1) is 5.92 Å². The highest BCUT2D eigenvalue weighted by atomic mass is 35.5. The summed E-state index contributed by atoms with van der Waals surface area (Å²) in [6.07, 6.45) is 3.74. The lowest BCUT2D eigenvalue weighted by atomic mass is 9.93. The zero-order chi connectivity index (χ0) is 16.9. The highest BCUT2D eigenvalue weighted by Crippen LogP contribution is 2.28. The summed E-state index contributed by atoms with van der Waals surface area (Å²) >= 11 is 5.92. The molecule has 1 fully saturated rings. The fraction of sp³-hybridized carbons (Fsp3) is 0.556. The van der Waals surface area contributed by atoms with Crippen molar-refractivity contribution in [2.75, 3.05) is 26.7 Å². The number of likely N-dealkylation sites (tertiary alicyclic amines) is 1. The Balaban J connectivity index is 0.00000225. The van der Waals surface area contributed by atoms with Gasteiger partial charge in [-0.05, 0) is 83.1 Å². The smallest absolute Gasteiger partial charge is 0.244 e. The first-order chi connectivity index (χ1) is 11.7. The molecular formula is C18H26Cl2N4O. The summed E-state index contributed by atoms with van der Waals surface area (Å²) in [5.74, 6) is 2.14. The maximum Gasteiger partial charge on any atom is 0.244 e. The van der Waals surface area contributed by atoms with Gasteiger partial charge in [-0.1, -0.05) is 16.8 Å². The minimum absolute atomic E-state index is 0. The Morgan fingerprint density at radius 3 is 2.60 bits per heavy atom. The van der Waals surface area contributed by atoms with Crippen LogP contribution in [0.2, 0.25) is 5.02 Å². The van der Waals surface area contributed by atoms with Crippen molar-refractivity contribution in [1.82, 2.24) is 20.4 Å². The van der Waals surface area contributed by atoms with E-state index in [1.807, 2.05) is 31.3 Å². The predicted molar refractivity (Wildman–Crippen MR) is 103 cm³/mol. The second-order valence-electron chi connectivity index (χ2n) is 6.51. The van der Waals surface area contributed by atoms with E-state index < -0.39 is 0 Å². The number of hydrogen-bond donors (Lipinski definition) is 1. The molecule has 138 valence electrons.